The Bertz CT molecular complexity index is 529. The van der Waals surface area contributed by atoms with Crippen LogP contribution in [-0.2, 0) is 9.53 Å². The number of aliphatic hydroxyl groups is 1. The first-order chi connectivity index (χ1) is 9.61. The quantitative estimate of drug-likeness (QED) is 0.500. The number of benzene rings is 1. The van der Waals surface area contributed by atoms with E-state index in [0.717, 1.165) is 29.6 Å². The highest BCUT2D eigenvalue weighted by Crippen LogP contribution is 2.29. The second-order valence-corrected chi connectivity index (χ2v) is 3.89. The smallest absolute Gasteiger partial charge is 0.448 e. The fourth-order valence-electron chi connectivity index (χ4n) is 1.31. The van der Waals surface area contributed by atoms with Crippen LogP contribution in [0.15, 0.2) is 24.3 Å². The molecule has 0 saturated heterocycles. The molecule has 21 heavy (non-hydrogen) atoms. The van der Waals surface area contributed by atoms with E-state index in [9.17, 15) is 32.3 Å². The van der Waals surface area contributed by atoms with Gasteiger partial charge in [-0.2, -0.15) is 13.2 Å². The molecule has 116 valence electrons. The van der Waals surface area contributed by atoms with Crippen LogP contribution < -0.4 is 5.32 Å². The summed E-state index contributed by atoms with van der Waals surface area (Å²) in [5.41, 5.74) is -4.56. The molecule has 1 rings (SSSR count). The SMILES string of the molecule is CCOC(=O)[C@](O)(NC(=O)c1ccc(F)cc1)C(F)(F)F. The van der Waals surface area contributed by atoms with Crippen molar-refractivity contribution in [2.24, 2.45) is 0 Å². The predicted molar refractivity (Wildman–Crippen MR) is 61.5 cm³/mol. The van der Waals surface area contributed by atoms with Gasteiger partial charge in [0.2, 0.25) is 0 Å². The Morgan fingerprint density at radius 3 is 2.19 bits per heavy atom. The Balaban J connectivity index is 3.04. The number of hydrogen-bond acceptors (Lipinski definition) is 4. The number of nitrogens with one attached hydrogen (secondary N) is 1. The summed E-state index contributed by atoms with van der Waals surface area (Å²) < 4.78 is 55.2. The minimum absolute atomic E-state index is 0.372. The number of esters is 1. The van der Waals surface area contributed by atoms with Gasteiger partial charge in [0.05, 0.1) is 6.61 Å². The zero-order chi connectivity index (χ0) is 16.3. The van der Waals surface area contributed by atoms with Crippen LogP contribution in [0.5, 0.6) is 0 Å². The van der Waals surface area contributed by atoms with Gasteiger partial charge >= 0.3 is 17.9 Å². The molecule has 0 aliphatic rings. The fourth-order valence-corrected chi connectivity index (χ4v) is 1.31. The van der Waals surface area contributed by atoms with Gasteiger partial charge in [-0.25, -0.2) is 9.18 Å². The average Bonchev–Trinajstić information content (AvgIpc) is 2.38. The van der Waals surface area contributed by atoms with Crippen molar-refractivity contribution >= 4 is 11.9 Å². The van der Waals surface area contributed by atoms with Crippen molar-refractivity contribution in [1.29, 1.82) is 0 Å². The van der Waals surface area contributed by atoms with Crippen LogP contribution in [0.4, 0.5) is 17.6 Å². The molecule has 0 aliphatic heterocycles. The van der Waals surface area contributed by atoms with Crippen molar-refractivity contribution in [3.63, 3.8) is 0 Å². The molecule has 9 heteroatoms. The summed E-state index contributed by atoms with van der Waals surface area (Å²) in [6.45, 7) is 0.806. The topological polar surface area (TPSA) is 75.6 Å². The Morgan fingerprint density at radius 1 is 1.24 bits per heavy atom. The summed E-state index contributed by atoms with van der Waals surface area (Å²) in [6, 6.07) is 3.47. The van der Waals surface area contributed by atoms with Crippen LogP contribution in [-0.4, -0.2) is 35.5 Å². The summed E-state index contributed by atoms with van der Waals surface area (Å²) in [7, 11) is 0. The van der Waals surface area contributed by atoms with Crippen molar-refractivity contribution in [3.8, 4) is 0 Å². The Kier molecular flexibility index (Phi) is 4.89. The lowest BCUT2D eigenvalue weighted by Crippen LogP contribution is -2.64. The maximum atomic E-state index is 12.8. The second-order valence-electron chi connectivity index (χ2n) is 3.89. The molecule has 0 aromatic heterocycles. The van der Waals surface area contributed by atoms with Gasteiger partial charge < -0.3 is 15.2 Å². The summed E-state index contributed by atoms with van der Waals surface area (Å²) in [5, 5.41) is 10.6. The maximum Gasteiger partial charge on any atom is 0.448 e. The van der Waals surface area contributed by atoms with E-state index in [4.69, 9.17) is 0 Å². The Labute approximate surface area is 116 Å². The van der Waals surface area contributed by atoms with E-state index in [1.807, 2.05) is 0 Å². The number of hydrogen-bond donors (Lipinski definition) is 2. The average molecular weight is 309 g/mol. The number of halogens is 4. The number of ether oxygens (including phenoxy) is 1. The molecule has 1 aromatic carbocycles. The Morgan fingerprint density at radius 2 is 1.76 bits per heavy atom. The van der Waals surface area contributed by atoms with Crippen LogP contribution in [0.2, 0.25) is 0 Å². The molecule has 0 spiro atoms. The number of amides is 1. The third-order valence-corrected chi connectivity index (χ3v) is 2.38. The van der Waals surface area contributed by atoms with E-state index in [0.29, 0.717) is 0 Å². The molecule has 0 fully saturated rings. The third-order valence-electron chi connectivity index (χ3n) is 2.38. The zero-order valence-electron chi connectivity index (χ0n) is 10.7. The highest BCUT2D eigenvalue weighted by atomic mass is 19.4. The molecule has 1 aromatic rings. The lowest BCUT2D eigenvalue weighted by Gasteiger charge is -2.28. The maximum absolute atomic E-state index is 12.8. The molecule has 1 atom stereocenters. The first-order valence-electron chi connectivity index (χ1n) is 5.66. The molecule has 0 bridgehead atoms. The van der Waals surface area contributed by atoms with E-state index in [-0.39, 0.29) is 5.56 Å². The first kappa shape index (κ1) is 16.9. The van der Waals surface area contributed by atoms with Gasteiger partial charge in [-0.1, -0.05) is 0 Å². The highest BCUT2D eigenvalue weighted by molar-refractivity contribution is 5.97. The van der Waals surface area contributed by atoms with Crippen molar-refractivity contribution < 1.29 is 37.0 Å². The third kappa shape index (κ3) is 3.69. The van der Waals surface area contributed by atoms with E-state index in [2.05, 4.69) is 4.74 Å². The summed E-state index contributed by atoms with van der Waals surface area (Å²) >= 11 is 0. The van der Waals surface area contributed by atoms with Gasteiger partial charge in [0.15, 0.2) is 0 Å². The molecule has 0 heterocycles. The van der Waals surface area contributed by atoms with Gasteiger partial charge in [-0.05, 0) is 31.2 Å². The van der Waals surface area contributed by atoms with Gasteiger partial charge in [0.1, 0.15) is 5.82 Å². The predicted octanol–water partition coefficient (Wildman–Crippen LogP) is 1.37. The normalized spacial score (nSPS) is 14.2. The van der Waals surface area contributed by atoms with Crippen LogP contribution in [0.25, 0.3) is 0 Å². The summed E-state index contributed by atoms with van der Waals surface area (Å²) in [6.07, 6.45) is -5.49. The lowest BCUT2D eigenvalue weighted by molar-refractivity contribution is -0.269. The molecule has 0 unspecified atom stereocenters. The molecule has 2 N–H and O–H groups in total. The summed E-state index contributed by atoms with van der Waals surface area (Å²) in [5.74, 6) is -4.18. The van der Waals surface area contributed by atoms with Crippen LogP contribution in [0, 0.1) is 5.82 Å². The molecular formula is C12H11F4NO4. The molecule has 0 radical (unpaired) electrons. The Hall–Kier alpha value is -2.16. The van der Waals surface area contributed by atoms with E-state index < -0.39 is 36.2 Å². The minimum Gasteiger partial charge on any atom is -0.462 e. The van der Waals surface area contributed by atoms with Crippen molar-refractivity contribution in [2.45, 2.75) is 18.8 Å². The highest BCUT2D eigenvalue weighted by Gasteiger charge is 2.62. The zero-order valence-corrected chi connectivity index (χ0v) is 10.7. The first-order valence-corrected chi connectivity index (χ1v) is 5.66. The number of carbonyl (C=O) groups excluding carboxylic acids is 2. The molecular weight excluding hydrogens is 298 g/mol. The van der Waals surface area contributed by atoms with Crippen LogP contribution >= 0.6 is 0 Å². The van der Waals surface area contributed by atoms with Gasteiger partial charge in [0, 0.05) is 5.56 Å². The number of rotatable bonds is 4. The van der Waals surface area contributed by atoms with Crippen molar-refractivity contribution in [2.75, 3.05) is 6.61 Å². The van der Waals surface area contributed by atoms with E-state index in [1.54, 1.807) is 0 Å². The lowest BCUT2D eigenvalue weighted by atomic mass is 10.1. The molecule has 0 aliphatic carbocycles. The van der Waals surface area contributed by atoms with Gasteiger partial charge in [0.25, 0.3) is 5.91 Å². The van der Waals surface area contributed by atoms with Crippen LogP contribution in [0.3, 0.4) is 0 Å². The van der Waals surface area contributed by atoms with Crippen molar-refractivity contribution in [3.05, 3.63) is 35.6 Å². The molecule has 5 nitrogen and oxygen atoms in total. The van der Waals surface area contributed by atoms with E-state index >= 15 is 0 Å². The number of carbonyl (C=O) groups is 2. The number of alkyl halides is 3. The van der Waals surface area contributed by atoms with E-state index in [1.165, 1.54) is 6.92 Å². The van der Waals surface area contributed by atoms with Gasteiger partial charge in [-0.15, -0.1) is 0 Å². The van der Waals surface area contributed by atoms with Crippen LogP contribution in [0.1, 0.15) is 17.3 Å². The largest absolute Gasteiger partial charge is 0.462 e. The van der Waals surface area contributed by atoms with Gasteiger partial charge in [-0.3, -0.25) is 4.79 Å². The summed E-state index contributed by atoms with van der Waals surface area (Å²) in [4.78, 5) is 22.9. The monoisotopic (exact) mass is 309 g/mol. The second kappa shape index (κ2) is 6.08. The standard InChI is InChI=1S/C12H11F4NO4/c1-2-21-10(19)11(20,12(14,15)16)17-9(18)7-3-5-8(13)6-4-7/h3-6,20H,2H2,1H3,(H,17,18)/t11-/m1/s1. The molecule has 0 saturated carbocycles. The minimum atomic E-state index is -5.49. The molecule has 1 amide bonds. The fraction of sp³-hybridized carbons (Fsp3) is 0.333. The van der Waals surface area contributed by atoms with Crippen molar-refractivity contribution in [1.82, 2.24) is 5.32 Å².